The average Bonchev–Trinajstić information content (AvgIpc) is 3.71. The normalized spacial score (nSPS) is 15.7. The number of benzene rings is 2. The largest absolute Gasteiger partial charge is 0.496 e. The molecule has 2 aromatic carbocycles. The Balaban J connectivity index is 1.17. The number of halogens is 1. The Hall–Kier alpha value is -5.87. The highest BCUT2D eigenvalue weighted by Gasteiger charge is 2.30. The van der Waals surface area contributed by atoms with E-state index in [9.17, 15) is 9.90 Å². The molecule has 3 aromatic heterocycles. The number of carboxylic acids is 1. The Bertz CT molecular complexity index is 2500. The molecule has 1 aliphatic carbocycles. The second kappa shape index (κ2) is 20.8. The van der Waals surface area contributed by atoms with Crippen molar-refractivity contribution in [2.45, 2.75) is 45.8 Å². The molecule has 0 radical (unpaired) electrons. The molecule has 0 saturated carbocycles. The molecular weight excluding hydrogens is 828 g/mol. The number of piperazine rings is 1. The zero-order valence-corrected chi connectivity index (χ0v) is 36.9. The molecule has 16 heteroatoms. The van der Waals surface area contributed by atoms with E-state index in [4.69, 9.17) is 45.9 Å². The lowest BCUT2D eigenvalue weighted by molar-refractivity contribution is -0.145. The number of fused-ring (bicyclic) bond motifs is 1. The average molecular weight is 879 g/mol. The van der Waals surface area contributed by atoms with E-state index < -0.39 is 12.1 Å². The molecule has 1 fully saturated rings. The van der Waals surface area contributed by atoms with Gasteiger partial charge >= 0.3 is 5.97 Å². The summed E-state index contributed by atoms with van der Waals surface area (Å²) in [5, 5.41) is 23.3. The van der Waals surface area contributed by atoms with Crippen LogP contribution in [-0.2, 0) is 22.6 Å². The third-order valence-corrected chi connectivity index (χ3v) is 12.2. The van der Waals surface area contributed by atoms with Crippen LogP contribution in [0.3, 0.4) is 0 Å². The predicted molar refractivity (Wildman–Crippen MR) is 243 cm³/mol. The van der Waals surface area contributed by atoms with Crippen molar-refractivity contribution in [2.24, 2.45) is 0 Å². The van der Waals surface area contributed by atoms with Crippen molar-refractivity contribution >= 4 is 56.5 Å². The van der Waals surface area contributed by atoms with Crippen LogP contribution in [0.4, 0.5) is 0 Å². The minimum absolute atomic E-state index is 0.0226. The molecule has 1 saturated heterocycles. The summed E-state index contributed by atoms with van der Waals surface area (Å²) in [5.41, 5.74) is 5.48. The number of allylic oxidation sites excluding steroid dienone is 5. The molecule has 4 heterocycles. The number of pyridine rings is 1. The van der Waals surface area contributed by atoms with E-state index in [0.717, 1.165) is 55.2 Å². The number of hydrogen-bond donors (Lipinski definition) is 3. The van der Waals surface area contributed by atoms with Gasteiger partial charge in [0.2, 0.25) is 12.0 Å². The summed E-state index contributed by atoms with van der Waals surface area (Å²) >= 11 is 8.28. The van der Waals surface area contributed by atoms with Gasteiger partial charge in [-0.05, 0) is 79.8 Å². The summed E-state index contributed by atoms with van der Waals surface area (Å²) in [6.07, 6.45) is 6.13. The van der Waals surface area contributed by atoms with E-state index in [1.165, 1.54) is 17.7 Å². The number of rotatable bonds is 19. The van der Waals surface area contributed by atoms with Crippen LogP contribution in [0.5, 0.6) is 17.4 Å². The van der Waals surface area contributed by atoms with E-state index in [0.29, 0.717) is 86.5 Å². The molecule has 2 aliphatic rings. The molecule has 0 bridgehead atoms. The zero-order chi connectivity index (χ0) is 43.6. The molecule has 7 rings (SSSR count). The Morgan fingerprint density at radius 3 is 2.58 bits per heavy atom. The quantitative estimate of drug-likeness (QED) is 0.0692. The van der Waals surface area contributed by atoms with Gasteiger partial charge in [0, 0.05) is 88.1 Å². The molecule has 1 aliphatic heterocycles. The van der Waals surface area contributed by atoms with Crippen molar-refractivity contribution in [2.75, 3.05) is 60.0 Å². The topological polar surface area (TPSA) is 168 Å². The molecule has 5 aromatic rings. The maximum Gasteiger partial charge on any atom is 0.345 e. The highest BCUT2D eigenvalue weighted by molar-refractivity contribution is 7.13. The standard InChI is InChI=1S/C46H51ClN8O6S/c1-5-49-26-31(25-48)43-40(33-14-15-37(42(47)29(33)2)59-23-22-55-20-18-54(3)19-21-55)41-39(27-51-43)62-53-45(41)61-38(46(56)57)24-30-10-6-8-12-35(30)60-28-32-16-17-50-44(52-32)34-11-7-9-13-36(34)58-4/h6-13,16-17,25-27,38,48-49H,5,14-15,18-24,28H2,1-4H3,(H,56,57)/b31-26+,48-25?/t38-/m1/s1. The minimum Gasteiger partial charge on any atom is -0.496 e. The fourth-order valence-electron chi connectivity index (χ4n) is 7.50. The summed E-state index contributed by atoms with van der Waals surface area (Å²) in [5.74, 6) is 1.37. The number of aliphatic carboxylic acids is 1. The van der Waals surface area contributed by atoms with Gasteiger partial charge in [-0.15, -0.1) is 0 Å². The first kappa shape index (κ1) is 44.2. The number of carboxylic acid groups (broad SMARTS) is 1. The third-order valence-electron chi connectivity index (χ3n) is 10.9. The van der Waals surface area contributed by atoms with E-state index in [2.05, 4.69) is 31.5 Å². The van der Waals surface area contributed by atoms with Crippen molar-refractivity contribution in [3.63, 3.8) is 0 Å². The van der Waals surface area contributed by atoms with Crippen molar-refractivity contribution in [3.8, 4) is 28.8 Å². The number of nitrogens with one attached hydrogen (secondary N) is 2. The summed E-state index contributed by atoms with van der Waals surface area (Å²) in [6.45, 7) is 10.1. The first-order valence-electron chi connectivity index (χ1n) is 20.6. The summed E-state index contributed by atoms with van der Waals surface area (Å²) in [4.78, 5) is 31.7. The number of hydrogen-bond acceptors (Lipinski definition) is 14. The van der Waals surface area contributed by atoms with Gasteiger partial charge < -0.3 is 39.7 Å². The fraction of sp³-hybridized carbons (Fsp3) is 0.348. The lowest BCUT2D eigenvalue weighted by Gasteiger charge is -2.32. The van der Waals surface area contributed by atoms with Crippen LogP contribution in [0.25, 0.3) is 32.6 Å². The second-order valence-corrected chi connectivity index (χ2v) is 16.1. The van der Waals surface area contributed by atoms with E-state index in [-0.39, 0.29) is 18.9 Å². The Morgan fingerprint density at radius 1 is 1.05 bits per heavy atom. The highest BCUT2D eigenvalue weighted by Crippen LogP contribution is 2.45. The molecule has 0 spiro atoms. The molecule has 14 nitrogen and oxygen atoms in total. The fourth-order valence-corrected chi connectivity index (χ4v) is 8.46. The Kier molecular flexibility index (Phi) is 14.8. The van der Waals surface area contributed by atoms with Gasteiger partial charge in [0.1, 0.15) is 30.5 Å². The minimum atomic E-state index is -1.34. The van der Waals surface area contributed by atoms with Crippen LogP contribution in [0.2, 0.25) is 0 Å². The number of nitrogens with zero attached hydrogens (tertiary/aromatic N) is 6. The lowest BCUT2D eigenvalue weighted by atomic mass is 9.87. The molecular formula is C46H51ClN8O6S. The van der Waals surface area contributed by atoms with Gasteiger partial charge in [-0.2, -0.15) is 4.37 Å². The number of aromatic nitrogens is 4. The monoisotopic (exact) mass is 878 g/mol. The summed E-state index contributed by atoms with van der Waals surface area (Å²) < 4.78 is 29.9. The van der Waals surface area contributed by atoms with E-state index in [1.807, 2.05) is 56.3 Å². The predicted octanol–water partition coefficient (Wildman–Crippen LogP) is 7.69. The van der Waals surface area contributed by atoms with Crippen molar-refractivity contribution in [3.05, 3.63) is 112 Å². The summed E-state index contributed by atoms with van der Waals surface area (Å²) in [6, 6.07) is 16.6. The number of carbonyl (C=O) groups is 1. The number of likely N-dealkylation sites (N-methyl/N-ethyl adjacent to an activating group) is 1. The van der Waals surface area contributed by atoms with Crippen LogP contribution in [-0.4, -0.2) is 113 Å². The Morgan fingerprint density at radius 2 is 1.82 bits per heavy atom. The molecule has 3 N–H and O–H groups in total. The van der Waals surface area contributed by atoms with Gasteiger partial charge in [-0.25, -0.2) is 14.8 Å². The van der Waals surface area contributed by atoms with Gasteiger partial charge in [0.15, 0.2) is 5.82 Å². The van der Waals surface area contributed by atoms with Crippen molar-refractivity contribution < 1.29 is 28.8 Å². The highest BCUT2D eigenvalue weighted by atomic mass is 35.5. The Labute approximate surface area is 370 Å². The number of para-hydroxylation sites is 2. The van der Waals surface area contributed by atoms with Crippen LogP contribution < -0.4 is 19.5 Å². The molecule has 62 heavy (non-hydrogen) atoms. The maximum atomic E-state index is 13.0. The van der Waals surface area contributed by atoms with Crippen molar-refractivity contribution in [1.82, 2.24) is 34.4 Å². The van der Waals surface area contributed by atoms with E-state index >= 15 is 0 Å². The van der Waals surface area contributed by atoms with Crippen LogP contribution in [0.15, 0.2) is 89.6 Å². The van der Waals surface area contributed by atoms with Crippen LogP contribution in [0, 0.1) is 5.41 Å². The lowest BCUT2D eigenvalue weighted by Crippen LogP contribution is -2.45. The van der Waals surface area contributed by atoms with Crippen LogP contribution >= 0.6 is 23.1 Å². The second-order valence-electron chi connectivity index (χ2n) is 15.0. The van der Waals surface area contributed by atoms with Gasteiger partial charge in [0.05, 0.1) is 39.2 Å². The zero-order valence-electron chi connectivity index (χ0n) is 35.3. The van der Waals surface area contributed by atoms with Gasteiger partial charge in [-0.1, -0.05) is 41.9 Å². The van der Waals surface area contributed by atoms with Gasteiger partial charge in [-0.3, -0.25) is 9.88 Å². The smallest absolute Gasteiger partial charge is 0.345 e. The third kappa shape index (κ3) is 10.2. The number of methoxy groups -OCH3 is 1. The first-order valence-corrected chi connectivity index (χ1v) is 21.7. The number of ether oxygens (including phenoxy) is 4. The summed E-state index contributed by atoms with van der Waals surface area (Å²) in [7, 11) is 3.74. The first-order chi connectivity index (χ1) is 30.2. The molecule has 0 amide bonds. The van der Waals surface area contributed by atoms with Crippen LogP contribution in [0.1, 0.15) is 49.2 Å². The van der Waals surface area contributed by atoms with Crippen molar-refractivity contribution in [1.29, 1.82) is 5.41 Å². The van der Waals surface area contributed by atoms with E-state index in [1.54, 1.807) is 37.8 Å². The SMILES string of the molecule is CCN/C=C(\C=N)c1ncc2snc(O[C@H](Cc3ccccc3OCc3ccnc(-c4ccccc4OC)n3)C(=O)O)c2c1C1=C(C)C(Cl)=C(OCCN2CCN(C)CC2)CC1. The molecule has 324 valence electrons. The molecule has 1 atom stereocenters. The van der Waals surface area contributed by atoms with Gasteiger partial charge in [0.25, 0.3) is 0 Å². The maximum absolute atomic E-state index is 13.0. The molecule has 0 unspecified atom stereocenters.